The summed E-state index contributed by atoms with van der Waals surface area (Å²) in [5, 5.41) is 0. The lowest BCUT2D eigenvalue weighted by Crippen LogP contribution is -2.46. The van der Waals surface area contributed by atoms with Crippen molar-refractivity contribution in [3.8, 4) is 11.3 Å². The van der Waals surface area contributed by atoms with Crippen molar-refractivity contribution in [3.05, 3.63) is 42.7 Å². The highest BCUT2D eigenvalue weighted by molar-refractivity contribution is 5.79. The second-order valence-corrected chi connectivity index (χ2v) is 6.83. The Morgan fingerprint density at radius 1 is 1.00 bits per heavy atom. The molecule has 1 amide bonds. The maximum Gasteiger partial charge on any atom is 0.225 e. The maximum atomic E-state index is 12.7. The molecule has 6 heteroatoms. The van der Waals surface area contributed by atoms with Gasteiger partial charge in [0, 0.05) is 43.7 Å². The summed E-state index contributed by atoms with van der Waals surface area (Å²) in [5.74, 6) is 1.36. The van der Waals surface area contributed by atoms with E-state index in [9.17, 15) is 4.79 Å². The molecule has 0 saturated carbocycles. The molecule has 2 fully saturated rings. The van der Waals surface area contributed by atoms with Crippen LogP contribution >= 0.6 is 0 Å². The molecule has 0 spiro atoms. The number of carbonyl (C=O) groups is 1. The Bertz CT molecular complexity index is 738. The third kappa shape index (κ3) is 3.70. The zero-order chi connectivity index (χ0) is 17.8. The lowest BCUT2D eigenvalue weighted by atomic mass is 9.95. The highest BCUT2D eigenvalue weighted by atomic mass is 16.5. The zero-order valence-electron chi connectivity index (χ0n) is 14.9. The molecule has 6 nitrogen and oxygen atoms in total. The Hall–Kier alpha value is -2.47. The first kappa shape index (κ1) is 17.0. The normalized spacial score (nSPS) is 18.8. The van der Waals surface area contributed by atoms with Crippen molar-refractivity contribution < 1.29 is 9.53 Å². The Morgan fingerprint density at radius 2 is 1.73 bits per heavy atom. The third-order valence-electron chi connectivity index (χ3n) is 5.21. The van der Waals surface area contributed by atoms with E-state index >= 15 is 0 Å². The Labute approximate surface area is 153 Å². The number of amides is 1. The van der Waals surface area contributed by atoms with Crippen LogP contribution in [-0.2, 0) is 9.53 Å². The number of carbonyl (C=O) groups excluding carboxylic acids is 1. The van der Waals surface area contributed by atoms with Crippen LogP contribution in [0.3, 0.4) is 0 Å². The van der Waals surface area contributed by atoms with Crippen molar-refractivity contribution >= 4 is 11.7 Å². The number of benzene rings is 1. The number of nitrogens with zero attached hydrogens (tertiary/aromatic N) is 4. The number of anilines is 1. The molecule has 0 N–H and O–H groups in total. The second kappa shape index (κ2) is 7.83. The van der Waals surface area contributed by atoms with Gasteiger partial charge in [-0.05, 0) is 12.8 Å². The predicted octanol–water partition coefficient (Wildman–Crippen LogP) is 2.22. The minimum atomic E-state index is 0.125. The van der Waals surface area contributed by atoms with Gasteiger partial charge in [0.1, 0.15) is 12.1 Å². The van der Waals surface area contributed by atoms with Crippen molar-refractivity contribution in [2.45, 2.75) is 12.8 Å². The van der Waals surface area contributed by atoms with Gasteiger partial charge in [0.25, 0.3) is 0 Å². The first-order valence-electron chi connectivity index (χ1n) is 9.30. The van der Waals surface area contributed by atoms with E-state index in [-0.39, 0.29) is 5.92 Å². The molecule has 136 valence electrons. The van der Waals surface area contributed by atoms with Gasteiger partial charge in [0.05, 0.1) is 18.9 Å². The molecule has 2 saturated heterocycles. The second-order valence-electron chi connectivity index (χ2n) is 6.83. The van der Waals surface area contributed by atoms with Gasteiger partial charge in [-0.1, -0.05) is 30.3 Å². The van der Waals surface area contributed by atoms with E-state index in [1.54, 1.807) is 6.33 Å². The van der Waals surface area contributed by atoms with Crippen LogP contribution in [0.4, 0.5) is 5.82 Å². The zero-order valence-corrected chi connectivity index (χ0v) is 14.9. The summed E-state index contributed by atoms with van der Waals surface area (Å²) >= 11 is 0. The lowest BCUT2D eigenvalue weighted by Gasteiger charge is -2.36. The highest BCUT2D eigenvalue weighted by Gasteiger charge is 2.29. The van der Waals surface area contributed by atoms with E-state index < -0.39 is 0 Å². The molecule has 26 heavy (non-hydrogen) atoms. The van der Waals surface area contributed by atoms with Crippen LogP contribution in [0.2, 0.25) is 0 Å². The monoisotopic (exact) mass is 352 g/mol. The first-order chi connectivity index (χ1) is 12.8. The molecule has 0 radical (unpaired) electrons. The quantitative estimate of drug-likeness (QED) is 0.848. The highest BCUT2D eigenvalue weighted by Crippen LogP contribution is 2.26. The predicted molar refractivity (Wildman–Crippen MR) is 99.8 cm³/mol. The van der Waals surface area contributed by atoms with Crippen LogP contribution in [-0.4, -0.2) is 60.2 Å². The molecule has 1 aromatic carbocycles. The molecule has 0 atom stereocenters. The van der Waals surface area contributed by atoms with Gasteiger partial charge in [0.15, 0.2) is 0 Å². The van der Waals surface area contributed by atoms with Gasteiger partial charge in [-0.2, -0.15) is 0 Å². The summed E-state index contributed by atoms with van der Waals surface area (Å²) in [6, 6.07) is 12.2. The molecule has 0 aliphatic carbocycles. The van der Waals surface area contributed by atoms with Crippen LogP contribution in [0.5, 0.6) is 0 Å². The average Bonchev–Trinajstić information content (AvgIpc) is 2.75. The molecule has 0 unspecified atom stereocenters. The van der Waals surface area contributed by atoms with Crippen molar-refractivity contribution in [1.82, 2.24) is 14.9 Å². The maximum absolute atomic E-state index is 12.7. The van der Waals surface area contributed by atoms with E-state index in [2.05, 4.69) is 27.0 Å². The van der Waals surface area contributed by atoms with Gasteiger partial charge in [-0.15, -0.1) is 0 Å². The van der Waals surface area contributed by atoms with E-state index in [0.29, 0.717) is 19.1 Å². The van der Waals surface area contributed by atoms with Crippen LogP contribution in [0.1, 0.15) is 12.8 Å². The van der Waals surface area contributed by atoms with Crippen LogP contribution < -0.4 is 4.90 Å². The molecule has 0 bridgehead atoms. The van der Waals surface area contributed by atoms with E-state index in [0.717, 1.165) is 56.1 Å². The van der Waals surface area contributed by atoms with Crippen molar-refractivity contribution in [2.75, 3.05) is 44.3 Å². The van der Waals surface area contributed by atoms with E-state index in [1.165, 1.54) is 0 Å². The lowest BCUT2D eigenvalue weighted by molar-refractivity contribution is -0.140. The summed E-state index contributed by atoms with van der Waals surface area (Å²) in [7, 11) is 0. The van der Waals surface area contributed by atoms with Crippen molar-refractivity contribution in [1.29, 1.82) is 0 Å². The Kier molecular flexibility index (Phi) is 5.11. The molecule has 2 aromatic rings. The molecule has 4 rings (SSSR count). The van der Waals surface area contributed by atoms with E-state index in [4.69, 9.17) is 4.74 Å². The summed E-state index contributed by atoms with van der Waals surface area (Å²) in [6.07, 6.45) is 3.38. The summed E-state index contributed by atoms with van der Waals surface area (Å²) in [5.41, 5.74) is 2.02. The third-order valence-corrected chi connectivity index (χ3v) is 5.21. The fourth-order valence-corrected chi connectivity index (χ4v) is 3.68. The topological polar surface area (TPSA) is 58.6 Å². The van der Waals surface area contributed by atoms with Crippen LogP contribution in [0, 0.1) is 5.92 Å². The standard InChI is InChI=1S/C20H24N4O2/c25-20(24-10-12-26-13-11-24)17-6-8-23(9-7-17)19-14-18(21-15-22-19)16-4-2-1-3-5-16/h1-5,14-15,17H,6-13H2. The van der Waals surface area contributed by atoms with Gasteiger partial charge in [-0.3, -0.25) is 4.79 Å². The fourth-order valence-electron chi connectivity index (χ4n) is 3.68. The fraction of sp³-hybridized carbons (Fsp3) is 0.450. The molecule has 3 heterocycles. The van der Waals surface area contributed by atoms with Gasteiger partial charge >= 0.3 is 0 Å². The first-order valence-corrected chi connectivity index (χ1v) is 9.30. The summed E-state index contributed by atoms with van der Waals surface area (Å²) in [6.45, 7) is 4.48. The number of rotatable bonds is 3. The largest absolute Gasteiger partial charge is 0.378 e. The van der Waals surface area contributed by atoms with Crippen LogP contribution in [0.25, 0.3) is 11.3 Å². The SMILES string of the molecule is O=C(C1CCN(c2cc(-c3ccccc3)ncn2)CC1)N1CCOCC1. The molecule has 1 aromatic heterocycles. The number of hydrogen-bond acceptors (Lipinski definition) is 5. The molecular weight excluding hydrogens is 328 g/mol. The Morgan fingerprint density at radius 3 is 2.46 bits per heavy atom. The Balaban J connectivity index is 1.39. The minimum absolute atomic E-state index is 0.125. The molecular formula is C20H24N4O2. The van der Waals surface area contributed by atoms with Gasteiger partial charge in [0.2, 0.25) is 5.91 Å². The number of morpholine rings is 1. The van der Waals surface area contributed by atoms with E-state index in [1.807, 2.05) is 29.2 Å². The summed E-state index contributed by atoms with van der Waals surface area (Å²) < 4.78 is 5.34. The van der Waals surface area contributed by atoms with Gasteiger partial charge in [-0.25, -0.2) is 9.97 Å². The number of piperidine rings is 1. The van der Waals surface area contributed by atoms with Gasteiger partial charge < -0.3 is 14.5 Å². The number of hydrogen-bond donors (Lipinski definition) is 0. The van der Waals surface area contributed by atoms with Crippen molar-refractivity contribution in [3.63, 3.8) is 0 Å². The minimum Gasteiger partial charge on any atom is -0.378 e. The number of ether oxygens (including phenoxy) is 1. The smallest absolute Gasteiger partial charge is 0.225 e. The average molecular weight is 352 g/mol. The van der Waals surface area contributed by atoms with Crippen molar-refractivity contribution in [2.24, 2.45) is 5.92 Å². The van der Waals surface area contributed by atoms with Crippen LogP contribution in [0.15, 0.2) is 42.7 Å². The number of aromatic nitrogens is 2. The summed E-state index contributed by atoms with van der Waals surface area (Å²) in [4.78, 5) is 25.7. The molecule has 2 aliphatic rings. The molecule has 2 aliphatic heterocycles.